The van der Waals surface area contributed by atoms with Gasteiger partial charge in [0.15, 0.2) is 0 Å². The third-order valence-corrected chi connectivity index (χ3v) is 5.32. The van der Waals surface area contributed by atoms with Gasteiger partial charge in [-0.05, 0) is 75.0 Å². The fourth-order valence-electron chi connectivity index (χ4n) is 3.27. The van der Waals surface area contributed by atoms with Crippen LogP contribution < -0.4 is 15.0 Å². The maximum absolute atomic E-state index is 10.8. The lowest BCUT2D eigenvalue weighted by Gasteiger charge is -2.19. The van der Waals surface area contributed by atoms with E-state index in [4.69, 9.17) is 4.74 Å². The van der Waals surface area contributed by atoms with Gasteiger partial charge in [0, 0.05) is 37.5 Å². The Bertz CT molecular complexity index is 1190. The number of non-ortho nitro benzene ring substituents is 1. The summed E-state index contributed by atoms with van der Waals surface area (Å²) in [5, 5.41) is 31.1. The molecule has 0 aliphatic heterocycles. The van der Waals surface area contributed by atoms with Crippen LogP contribution in [0.2, 0.25) is 0 Å². The number of nitro groups is 1. The van der Waals surface area contributed by atoms with Crippen molar-refractivity contribution in [2.24, 2.45) is 20.5 Å². The van der Waals surface area contributed by atoms with Crippen molar-refractivity contribution >= 4 is 34.1 Å². The SMILES string of the molecule is CNCCCN(C)c1ccc(N=Nc2cc(OC)c(N=Nc3ccc([N+](=O)[O-])cc3)cc2C)cc1. The molecule has 3 aromatic carbocycles. The monoisotopic (exact) mass is 475 g/mol. The van der Waals surface area contributed by atoms with Gasteiger partial charge in [0.25, 0.3) is 5.69 Å². The molecule has 0 fully saturated rings. The minimum atomic E-state index is -0.458. The maximum atomic E-state index is 10.8. The molecule has 0 atom stereocenters. The highest BCUT2D eigenvalue weighted by Crippen LogP contribution is 2.36. The van der Waals surface area contributed by atoms with Crippen molar-refractivity contribution < 1.29 is 9.66 Å². The Morgan fingerprint density at radius 3 is 2.11 bits per heavy atom. The molecule has 1 N–H and O–H groups in total. The fourth-order valence-corrected chi connectivity index (χ4v) is 3.27. The first-order valence-corrected chi connectivity index (χ1v) is 11.1. The first-order valence-electron chi connectivity index (χ1n) is 11.1. The Morgan fingerprint density at radius 2 is 1.54 bits per heavy atom. The van der Waals surface area contributed by atoms with Crippen molar-refractivity contribution in [3.8, 4) is 5.75 Å². The zero-order chi connectivity index (χ0) is 25.2. The average Bonchev–Trinajstić information content (AvgIpc) is 2.87. The van der Waals surface area contributed by atoms with Crippen LogP contribution >= 0.6 is 0 Å². The third-order valence-electron chi connectivity index (χ3n) is 5.32. The lowest BCUT2D eigenvalue weighted by Crippen LogP contribution is -2.21. The summed E-state index contributed by atoms with van der Waals surface area (Å²) in [5.41, 5.74) is 4.40. The molecule has 182 valence electrons. The molecule has 0 saturated carbocycles. The number of aryl methyl sites for hydroxylation is 1. The molecule has 35 heavy (non-hydrogen) atoms. The normalized spacial score (nSPS) is 11.3. The molecular formula is C25H29N7O3. The van der Waals surface area contributed by atoms with Crippen LogP contribution in [0.3, 0.4) is 0 Å². The molecule has 0 radical (unpaired) electrons. The molecule has 0 aliphatic carbocycles. The van der Waals surface area contributed by atoms with Crippen LogP contribution in [-0.4, -0.2) is 39.2 Å². The molecule has 0 aromatic heterocycles. The number of anilines is 1. The standard InChI is InChI=1S/C25H29N7O3/c1-18-16-24(30-28-20-8-12-22(13-9-20)32(33)34)25(35-4)17-23(18)29-27-19-6-10-21(11-7-19)31(3)15-5-14-26-2/h6-13,16-17,26H,5,14-15H2,1-4H3. The summed E-state index contributed by atoms with van der Waals surface area (Å²) in [6.45, 7) is 3.85. The van der Waals surface area contributed by atoms with Crippen LogP contribution in [-0.2, 0) is 0 Å². The van der Waals surface area contributed by atoms with Gasteiger partial charge in [-0.25, -0.2) is 0 Å². The van der Waals surface area contributed by atoms with Gasteiger partial charge in [0.1, 0.15) is 11.4 Å². The van der Waals surface area contributed by atoms with Crippen molar-refractivity contribution in [1.82, 2.24) is 5.32 Å². The number of ether oxygens (including phenoxy) is 1. The van der Waals surface area contributed by atoms with E-state index in [1.54, 1.807) is 13.2 Å². The van der Waals surface area contributed by atoms with E-state index in [1.807, 2.05) is 44.3 Å². The van der Waals surface area contributed by atoms with Crippen LogP contribution in [0.5, 0.6) is 5.75 Å². The van der Waals surface area contributed by atoms with Gasteiger partial charge in [-0.2, -0.15) is 15.3 Å². The van der Waals surface area contributed by atoms with Crippen molar-refractivity contribution in [3.63, 3.8) is 0 Å². The largest absolute Gasteiger partial charge is 0.494 e. The number of hydrogen-bond donors (Lipinski definition) is 1. The molecule has 3 rings (SSSR count). The fraction of sp³-hybridized carbons (Fsp3) is 0.280. The van der Waals surface area contributed by atoms with E-state index in [0.717, 1.165) is 36.4 Å². The molecule has 10 heteroatoms. The number of rotatable bonds is 11. The van der Waals surface area contributed by atoms with E-state index in [2.05, 4.69) is 37.7 Å². The molecule has 10 nitrogen and oxygen atoms in total. The number of benzene rings is 3. The highest BCUT2D eigenvalue weighted by molar-refractivity contribution is 5.63. The Labute approximate surface area is 204 Å². The van der Waals surface area contributed by atoms with Gasteiger partial charge in [-0.15, -0.1) is 5.11 Å². The van der Waals surface area contributed by atoms with E-state index >= 15 is 0 Å². The van der Waals surface area contributed by atoms with Gasteiger partial charge in [-0.1, -0.05) is 0 Å². The molecule has 3 aromatic rings. The van der Waals surface area contributed by atoms with E-state index in [0.29, 0.717) is 22.8 Å². The molecule has 0 amide bonds. The van der Waals surface area contributed by atoms with Crippen LogP contribution in [0.1, 0.15) is 12.0 Å². The van der Waals surface area contributed by atoms with Gasteiger partial charge in [-0.3, -0.25) is 10.1 Å². The number of hydrogen-bond acceptors (Lipinski definition) is 9. The summed E-state index contributed by atoms with van der Waals surface area (Å²) >= 11 is 0. The number of nitrogens with zero attached hydrogens (tertiary/aromatic N) is 6. The summed E-state index contributed by atoms with van der Waals surface area (Å²) in [5.74, 6) is 0.494. The Kier molecular flexibility index (Phi) is 8.96. The summed E-state index contributed by atoms with van der Waals surface area (Å²) in [6.07, 6.45) is 1.07. The minimum Gasteiger partial charge on any atom is -0.494 e. The van der Waals surface area contributed by atoms with Gasteiger partial charge in [0.2, 0.25) is 0 Å². The molecular weight excluding hydrogens is 446 g/mol. The summed E-state index contributed by atoms with van der Waals surface area (Å²) < 4.78 is 5.46. The number of nitrogens with one attached hydrogen (secondary N) is 1. The first-order chi connectivity index (χ1) is 16.9. The summed E-state index contributed by atoms with van der Waals surface area (Å²) in [7, 11) is 5.57. The van der Waals surface area contributed by atoms with Crippen molar-refractivity contribution in [2.45, 2.75) is 13.3 Å². The average molecular weight is 476 g/mol. The van der Waals surface area contributed by atoms with Gasteiger partial charge in [0.05, 0.1) is 29.1 Å². The minimum absolute atomic E-state index is 0.00160. The predicted octanol–water partition coefficient (Wildman–Crippen LogP) is 6.79. The van der Waals surface area contributed by atoms with Gasteiger partial charge >= 0.3 is 0 Å². The molecule has 0 bridgehead atoms. The molecule has 0 saturated heterocycles. The lowest BCUT2D eigenvalue weighted by molar-refractivity contribution is -0.384. The van der Waals surface area contributed by atoms with Crippen molar-refractivity contribution in [2.75, 3.05) is 39.2 Å². The van der Waals surface area contributed by atoms with Crippen LogP contribution in [0, 0.1) is 17.0 Å². The summed E-state index contributed by atoms with van der Waals surface area (Å²) in [6, 6.07) is 17.3. The predicted molar refractivity (Wildman–Crippen MR) is 137 cm³/mol. The van der Waals surface area contributed by atoms with E-state index in [9.17, 15) is 10.1 Å². The number of nitro benzene ring substituents is 1. The number of azo groups is 2. The number of methoxy groups -OCH3 is 1. The maximum Gasteiger partial charge on any atom is 0.269 e. The molecule has 0 spiro atoms. The van der Waals surface area contributed by atoms with E-state index < -0.39 is 4.92 Å². The van der Waals surface area contributed by atoms with Crippen molar-refractivity contribution in [3.05, 3.63) is 76.3 Å². The zero-order valence-corrected chi connectivity index (χ0v) is 20.3. The van der Waals surface area contributed by atoms with E-state index in [1.165, 1.54) is 24.3 Å². The molecule has 0 aliphatic rings. The highest BCUT2D eigenvalue weighted by atomic mass is 16.6. The van der Waals surface area contributed by atoms with Gasteiger partial charge < -0.3 is 15.0 Å². The van der Waals surface area contributed by atoms with Crippen LogP contribution in [0.4, 0.5) is 34.1 Å². The smallest absolute Gasteiger partial charge is 0.269 e. The highest BCUT2D eigenvalue weighted by Gasteiger charge is 2.09. The Balaban J connectivity index is 1.72. The van der Waals surface area contributed by atoms with Crippen molar-refractivity contribution in [1.29, 1.82) is 0 Å². The molecule has 0 heterocycles. The Morgan fingerprint density at radius 1 is 0.943 bits per heavy atom. The summed E-state index contributed by atoms with van der Waals surface area (Å²) in [4.78, 5) is 12.5. The zero-order valence-electron chi connectivity index (χ0n) is 20.3. The quantitative estimate of drug-likeness (QED) is 0.142. The van der Waals surface area contributed by atoms with Crippen LogP contribution in [0.25, 0.3) is 0 Å². The second-order valence-electron chi connectivity index (χ2n) is 7.88. The first kappa shape index (κ1) is 25.4. The molecule has 0 unspecified atom stereocenters. The van der Waals surface area contributed by atoms with Crippen LogP contribution in [0.15, 0.2) is 81.1 Å². The topological polar surface area (TPSA) is 117 Å². The third kappa shape index (κ3) is 7.15. The Hall–Kier alpha value is -4.18. The van der Waals surface area contributed by atoms with E-state index in [-0.39, 0.29) is 5.69 Å². The second-order valence-corrected chi connectivity index (χ2v) is 7.88. The second kappa shape index (κ2) is 12.3. The lowest BCUT2D eigenvalue weighted by atomic mass is 10.1.